The smallest absolute Gasteiger partial charge is 0.307 e. The second kappa shape index (κ2) is 8.02. The van der Waals surface area contributed by atoms with Gasteiger partial charge in [-0.3, -0.25) is 4.79 Å². The Hall–Kier alpha value is -2.85. The van der Waals surface area contributed by atoms with Crippen LogP contribution in [0.2, 0.25) is 5.02 Å². The third-order valence-corrected chi connectivity index (χ3v) is 4.09. The number of hydrogen-bond acceptors (Lipinski definition) is 2. The van der Waals surface area contributed by atoms with E-state index >= 15 is 0 Å². The lowest BCUT2D eigenvalue weighted by Gasteiger charge is -2.14. The Bertz CT molecular complexity index is 926. The van der Waals surface area contributed by atoms with Crippen LogP contribution in [0.1, 0.15) is 11.1 Å². The van der Waals surface area contributed by atoms with Crippen LogP contribution in [-0.4, -0.2) is 11.1 Å². The summed E-state index contributed by atoms with van der Waals surface area (Å²) >= 11 is 5.84. The molecule has 0 aromatic heterocycles. The number of carbonyl (C=O) groups is 1. The summed E-state index contributed by atoms with van der Waals surface area (Å²) in [5.74, 6) is -0.968. The average molecular weight is 371 g/mol. The molecule has 0 aliphatic heterocycles. The molecule has 132 valence electrons. The lowest BCUT2D eigenvalue weighted by molar-refractivity contribution is -0.136. The van der Waals surface area contributed by atoms with E-state index in [-0.39, 0.29) is 6.42 Å². The van der Waals surface area contributed by atoms with E-state index in [2.05, 4.69) is 0 Å². The molecule has 0 heterocycles. The van der Waals surface area contributed by atoms with Gasteiger partial charge in [0.25, 0.3) is 0 Å². The quantitative estimate of drug-likeness (QED) is 0.636. The van der Waals surface area contributed by atoms with Gasteiger partial charge in [0.15, 0.2) is 0 Å². The van der Waals surface area contributed by atoms with E-state index in [0.29, 0.717) is 34.1 Å². The maximum absolute atomic E-state index is 14.4. The van der Waals surface area contributed by atoms with Crippen molar-refractivity contribution in [1.82, 2.24) is 0 Å². The first-order chi connectivity index (χ1) is 12.5. The van der Waals surface area contributed by atoms with Gasteiger partial charge in [0.1, 0.15) is 18.2 Å². The summed E-state index contributed by atoms with van der Waals surface area (Å²) < 4.78 is 20.3. The number of benzene rings is 3. The van der Waals surface area contributed by atoms with E-state index in [0.717, 1.165) is 5.56 Å². The molecule has 0 atom stereocenters. The molecule has 0 radical (unpaired) electrons. The summed E-state index contributed by atoms with van der Waals surface area (Å²) in [5.41, 5.74) is 2.34. The minimum absolute atomic E-state index is 0.152. The predicted molar refractivity (Wildman–Crippen MR) is 99.0 cm³/mol. The molecular formula is C21H16ClFO3. The maximum Gasteiger partial charge on any atom is 0.307 e. The molecule has 0 aliphatic carbocycles. The largest absolute Gasteiger partial charge is 0.488 e. The topological polar surface area (TPSA) is 46.5 Å². The number of carboxylic acids is 1. The number of carboxylic acid groups (broad SMARTS) is 1. The van der Waals surface area contributed by atoms with Gasteiger partial charge in [-0.05, 0) is 41.5 Å². The van der Waals surface area contributed by atoms with Crippen LogP contribution in [-0.2, 0) is 17.8 Å². The number of halogens is 2. The zero-order chi connectivity index (χ0) is 18.5. The molecular weight excluding hydrogens is 355 g/mol. The van der Waals surface area contributed by atoms with E-state index in [1.165, 1.54) is 6.07 Å². The lowest BCUT2D eigenvalue weighted by atomic mass is 10.00. The Labute approximate surface area is 155 Å². The highest BCUT2D eigenvalue weighted by molar-refractivity contribution is 6.30. The van der Waals surface area contributed by atoms with Gasteiger partial charge < -0.3 is 9.84 Å². The standard InChI is InChI=1S/C21H16ClFO3/c22-16-7-8-17(19(23)12-16)18-10-15(11-21(24)25)6-9-20(18)26-13-14-4-2-1-3-5-14/h1-10,12H,11,13H2,(H,24,25). The summed E-state index contributed by atoms with van der Waals surface area (Å²) in [5, 5.41) is 9.31. The minimum Gasteiger partial charge on any atom is -0.488 e. The molecule has 0 saturated carbocycles. The van der Waals surface area contributed by atoms with Crippen LogP contribution in [0, 0.1) is 5.82 Å². The van der Waals surface area contributed by atoms with Gasteiger partial charge in [-0.2, -0.15) is 0 Å². The third kappa shape index (κ3) is 4.41. The van der Waals surface area contributed by atoms with Crippen molar-refractivity contribution in [2.24, 2.45) is 0 Å². The van der Waals surface area contributed by atoms with E-state index in [4.69, 9.17) is 21.4 Å². The number of rotatable bonds is 6. The molecule has 5 heteroatoms. The van der Waals surface area contributed by atoms with Crippen LogP contribution in [0.3, 0.4) is 0 Å². The average Bonchev–Trinajstić information content (AvgIpc) is 2.61. The molecule has 0 amide bonds. The van der Waals surface area contributed by atoms with Crippen LogP contribution in [0.25, 0.3) is 11.1 Å². The van der Waals surface area contributed by atoms with Crippen LogP contribution in [0.15, 0.2) is 66.7 Å². The Kier molecular flexibility index (Phi) is 5.54. The summed E-state index contributed by atoms with van der Waals surface area (Å²) in [4.78, 5) is 11.0. The number of ether oxygens (including phenoxy) is 1. The summed E-state index contributed by atoms with van der Waals surface area (Å²) in [6.07, 6.45) is -0.152. The second-order valence-electron chi connectivity index (χ2n) is 5.80. The van der Waals surface area contributed by atoms with Crippen molar-refractivity contribution in [2.75, 3.05) is 0 Å². The SMILES string of the molecule is O=C(O)Cc1ccc(OCc2ccccc2)c(-c2ccc(Cl)cc2F)c1. The van der Waals surface area contributed by atoms with Gasteiger partial charge in [-0.25, -0.2) is 4.39 Å². The summed E-state index contributed by atoms with van der Waals surface area (Å²) in [6.45, 7) is 0.321. The Balaban J connectivity index is 1.98. The molecule has 3 nitrogen and oxygen atoms in total. The lowest BCUT2D eigenvalue weighted by Crippen LogP contribution is -2.02. The van der Waals surface area contributed by atoms with Gasteiger partial charge >= 0.3 is 5.97 Å². The monoisotopic (exact) mass is 370 g/mol. The fourth-order valence-electron chi connectivity index (χ4n) is 2.64. The van der Waals surface area contributed by atoms with Crippen molar-refractivity contribution in [2.45, 2.75) is 13.0 Å². The van der Waals surface area contributed by atoms with Gasteiger partial charge in [-0.1, -0.05) is 48.0 Å². The maximum atomic E-state index is 14.4. The van der Waals surface area contributed by atoms with E-state index in [1.807, 2.05) is 30.3 Å². The summed E-state index contributed by atoms with van der Waals surface area (Å²) in [7, 11) is 0. The molecule has 0 fully saturated rings. The van der Waals surface area contributed by atoms with Crippen LogP contribution in [0.4, 0.5) is 4.39 Å². The first kappa shape index (κ1) is 18.0. The van der Waals surface area contributed by atoms with Crippen LogP contribution in [0.5, 0.6) is 5.75 Å². The summed E-state index contributed by atoms with van der Waals surface area (Å²) in [6, 6.07) is 19.0. The number of hydrogen-bond donors (Lipinski definition) is 1. The normalized spacial score (nSPS) is 10.5. The van der Waals surface area contributed by atoms with Crippen LogP contribution >= 0.6 is 11.6 Å². The first-order valence-corrected chi connectivity index (χ1v) is 8.37. The van der Waals surface area contributed by atoms with Crippen molar-refractivity contribution < 1.29 is 19.0 Å². The fourth-order valence-corrected chi connectivity index (χ4v) is 2.80. The molecule has 0 aliphatic rings. The highest BCUT2D eigenvalue weighted by atomic mass is 35.5. The van der Waals surface area contributed by atoms with Crippen molar-refractivity contribution in [3.63, 3.8) is 0 Å². The highest BCUT2D eigenvalue weighted by Gasteiger charge is 2.14. The van der Waals surface area contributed by atoms with Gasteiger partial charge in [0.05, 0.1) is 6.42 Å². The molecule has 0 saturated heterocycles. The van der Waals surface area contributed by atoms with E-state index in [1.54, 1.807) is 30.3 Å². The van der Waals surface area contributed by atoms with Crippen LogP contribution < -0.4 is 4.74 Å². The first-order valence-electron chi connectivity index (χ1n) is 8.00. The predicted octanol–water partition coefficient (Wildman–Crippen LogP) is 5.35. The zero-order valence-electron chi connectivity index (χ0n) is 13.8. The molecule has 1 N–H and O–H groups in total. The van der Waals surface area contributed by atoms with Gasteiger partial charge in [0.2, 0.25) is 0 Å². The Morgan fingerprint density at radius 3 is 2.42 bits per heavy atom. The van der Waals surface area contributed by atoms with Crippen molar-refractivity contribution in [3.05, 3.63) is 88.7 Å². The molecule has 3 rings (SSSR count). The van der Waals surface area contributed by atoms with Gasteiger partial charge in [0, 0.05) is 16.1 Å². The zero-order valence-corrected chi connectivity index (χ0v) is 14.5. The second-order valence-corrected chi connectivity index (χ2v) is 6.24. The Morgan fingerprint density at radius 1 is 0.962 bits per heavy atom. The van der Waals surface area contributed by atoms with Crippen molar-refractivity contribution >= 4 is 17.6 Å². The molecule has 3 aromatic rings. The number of aliphatic carboxylic acids is 1. The van der Waals surface area contributed by atoms with E-state index in [9.17, 15) is 9.18 Å². The van der Waals surface area contributed by atoms with Gasteiger partial charge in [-0.15, -0.1) is 0 Å². The molecule has 0 spiro atoms. The third-order valence-electron chi connectivity index (χ3n) is 3.86. The molecule has 3 aromatic carbocycles. The fraction of sp³-hybridized carbons (Fsp3) is 0.0952. The highest BCUT2D eigenvalue weighted by Crippen LogP contribution is 2.34. The molecule has 0 unspecified atom stereocenters. The van der Waals surface area contributed by atoms with Crippen molar-refractivity contribution in [1.29, 1.82) is 0 Å². The van der Waals surface area contributed by atoms with E-state index < -0.39 is 11.8 Å². The molecule has 0 bridgehead atoms. The minimum atomic E-state index is -0.953. The van der Waals surface area contributed by atoms with Crippen molar-refractivity contribution in [3.8, 4) is 16.9 Å². The molecule has 26 heavy (non-hydrogen) atoms. The Morgan fingerprint density at radius 2 is 1.73 bits per heavy atom.